The molecule has 122 valence electrons. The molecule has 23 heavy (non-hydrogen) atoms. The second-order valence-electron chi connectivity index (χ2n) is 6.40. The van der Waals surface area contributed by atoms with Crippen LogP contribution in [0.5, 0.6) is 0 Å². The van der Waals surface area contributed by atoms with E-state index in [1.165, 1.54) is 16.9 Å². The van der Waals surface area contributed by atoms with Gasteiger partial charge < -0.3 is 11.1 Å². The molecule has 1 saturated carbocycles. The minimum absolute atomic E-state index is 0.0246. The number of nitrogens with zero attached hydrogens (tertiary/aromatic N) is 1. The van der Waals surface area contributed by atoms with Gasteiger partial charge in [0, 0.05) is 22.9 Å². The van der Waals surface area contributed by atoms with Crippen LogP contribution in [0.15, 0.2) is 24.3 Å². The molecule has 0 unspecified atom stereocenters. The molecule has 0 bridgehead atoms. The van der Waals surface area contributed by atoms with Crippen molar-refractivity contribution in [1.82, 2.24) is 4.98 Å². The van der Waals surface area contributed by atoms with Crippen molar-refractivity contribution in [2.24, 2.45) is 11.7 Å². The number of benzene rings is 1. The molecule has 1 aliphatic carbocycles. The molecule has 3 N–H and O–H groups in total. The summed E-state index contributed by atoms with van der Waals surface area (Å²) in [6.07, 6.45) is 3.72. The Morgan fingerprint density at radius 3 is 2.70 bits per heavy atom. The van der Waals surface area contributed by atoms with Gasteiger partial charge in [0.2, 0.25) is 5.91 Å². The molecule has 0 spiro atoms. The molecule has 1 aromatic carbocycles. The van der Waals surface area contributed by atoms with E-state index >= 15 is 0 Å². The van der Waals surface area contributed by atoms with Crippen molar-refractivity contribution in [2.45, 2.75) is 45.6 Å². The number of hydrogen-bond acceptors (Lipinski definition) is 4. The summed E-state index contributed by atoms with van der Waals surface area (Å²) in [4.78, 5) is 17.9. The fourth-order valence-corrected chi connectivity index (χ4v) is 4.01. The summed E-state index contributed by atoms with van der Waals surface area (Å²) in [5.41, 5.74) is 9.30. The van der Waals surface area contributed by atoms with Crippen molar-refractivity contribution in [3.05, 3.63) is 34.7 Å². The fourth-order valence-electron chi connectivity index (χ4n) is 3.16. The minimum Gasteiger partial charge on any atom is -0.327 e. The first-order valence-electron chi connectivity index (χ1n) is 8.13. The topological polar surface area (TPSA) is 68.0 Å². The molecule has 1 aliphatic rings. The Morgan fingerprint density at radius 2 is 2.04 bits per heavy atom. The Morgan fingerprint density at radius 1 is 1.30 bits per heavy atom. The molecule has 1 aromatic heterocycles. The van der Waals surface area contributed by atoms with Gasteiger partial charge in [-0.2, -0.15) is 0 Å². The van der Waals surface area contributed by atoms with Gasteiger partial charge in [0.05, 0.1) is 5.69 Å². The molecule has 0 aliphatic heterocycles. The summed E-state index contributed by atoms with van der Waals surface area (Å²) in [6, 6.07) is 8.46. The zero-order valence-corrected chi connectivity index (χ0v) is 14.5. The van der Waals surface area contributed by atoms with Gasteiger partial charge in [-0.25, -0.2) is 4.98 Å². The zero-order chi connectivity index (χ0) is 16.4. The molecule has 1 fully saturated rings. The van der Waals surface area contributed by atoms with Crippen molar-refractivity contribution in [3.8, 4) is 11.3 Å². The molecule has 4 nitrogen and oxygen atoms in total. The number of aromatic nitrogens is 1. The van der Waals surface area contributed by atoms with E-state index in [4.69, 9.17) is 5.73 Å². The van der Waals surface area contributed by atoms with E-state index < -0.39 is 0 Å². The standard InChI is InChI=1S/C18H23N3OS/c1-11-6-8-13(9-7-11)17-12(2)23-18(21-17)20-16(22)10-14-4-3-5-15(14)19/h6-9,14-15H,3-5,10,19H2,1-2H3,(H,20,21,22)/t14-,15+/m0/s1. The van der Waals surface area contributed by atoms with Gasteiger partial charge in [0.15, 0.2) is 5.13 Å². The van der Waals surface area contributed by atoms with Crippen LogP contribution in [0, 0.1) is 19.8 Å². The number of rotatable bonds is 4. The van der Waals surface area contributed by atoms with Crippen molar-refractivity contribution in [1.29, 1.82) is 0 Å². The van der Waals surface area contributed by atoms with Gasteiger partial charge in [0.25, 0.3) is 0 Å². The number of nitrogens with two attached hydrogens (primary N) is 1. The average molecular weight is 329 g/mol. The van der Waals surface area contributed by atoms with E-state index in [2.05, 4.69) is 41.5 Å². The highest BCUT2D eigenvalue weighted by molar-refractivity contribution is 7.16. The maximum absolute atomic E-state index is 12.2. The first-order chi connectivity index (χ1) is 11.0. The van der Waals surface area contributed by atoms with E-state index in [0.29, 0.717) is 17.5 Å². The molecule has 2 aromatic rings. The number of carbonyl (C=O) groups is 1. The highest BCUT2D eigenvalue weighted by atomic mass is 32.1. The number of aryl methyl sites for hydroxylation is 2. The Labute approximate surface area is 141 Å². The van der Waals surface area contributed by atoms with Crippen LogP contribution in [0.4, 0.5) is 5.13 Å². The predicted octanol–water partition coefficient (Wildman–Crippen LogP) is 3.88. The number of amides is 1. The third-order valence-corrected chi connectivity index (χ3v) is 5.42. The second kappa shape index (κ2) is 6.81. The number of thiazole rings is 1. The molecule has 0 saturated heterocycles. The van der Waals surface area contributed by atoms with Crippen LogP contribution >= 0.6 is 11.3 Å². The van der Waals surface area contributed by atoms with Crippen LogP contribution in [0.1, 0.15) is 36.1 Å². The number of carbonyl (C=O) groups excluding carboxylic acids is 1. The predicted molar refractivity (Wildman–Crippen MR) is 95.6 cm³/mol. The lowest BCUT2D eigenvalue weighted by Crippen LogP contribution is -2.28. The van der Waals surface area contributed by atoms with Crippen molar-refractivity contribution in [3.63, 3.8) is 0 Å². The molecule has 5 heteroatoms. The van der Waals surface area contributed by atoms with Crippen molar-refractivity contribution >= 4 is 22.4 Å². The monoisotopic (exact) mass is 329 g/mol. The summed E-state index contributed by atoms with van der Waals surface area (Å²) in [7, 11) is 0. The highest BCUT2D eigenvalue weighted by Gasteiger charge is 2.26. The summed E-state index contributed by atoms with van der Waals surface area (Å²) >= 11 is 1.53. The lowest BCUT2D eigenvalue weighted by atomic mass is 10.00. The van der Waals surface area contributed by atoms with Gasteiger partial charge in [0.1, 0.15) is 0 Å². The molecular weight excluding hydrogens is 306 g/mol. The molecular formula is C18H23N3OS. The van der Waals surface area contributed by atoms with Crippen LogP contribution < -0.4 is 11.1 Å². The summed E-state index contributed by atoms with van der Waals surface area (Å²) in [5.74, 6) is 0.337. The van der Waals surface area contributed by atoms with Gasteiger partial charge in [-0.15, -0.1) is 11.3 Å². The van der Waals surface area contributed by atoms with E-state index in [-0.39, 0.29) is 11.9 Å². The van der Waals surface area contributed by atoms with Crippen LogP contribution in [0.25, 0.3) is 11.3 Å². The normalized spacial score (nSPS) is 20.7. The lowest BCUT2D eigenvalue weighted by Gasteiger charge is -2.13. The Hall–Kier alpha value is -1.72. The number of hydrogen-bond donors (Lipinski definition) is 2. The van der Waals surface area contributed by atoms with E-state index in [1.807, 2.05) is 6.92 Å². The number of anilines is 1. The first-order valence-corrected chi connectivity index (χ1v) is 8.94. The van der Waals surface area contributed by atoms with E-state index in [1.54, 1.807) is 0 Å². The second-order valence-corrected chi connectivity index (χ2v) is 7.60. The molecule has 3 rings (SSSR count). The minimum atomic E-state index is 0.0246. The van der Waals surface area contributed by atoms with Crippen molar-refractivity contribution in [2.75, 3.05) is 5.32 Å². The summed E-state index contributed by atoms with van der Waals surface area (Å²) < 4.78 is 0. The quantitative estimate of drug-likeness (QED) is 0.894. The van der Waals surface area contributed by atoms with E-state index in [9.17, 15) is 4.79 Å². The molecule has 2 atom stereocenters. The van der Waals surface area contributed by atoms with Crippen molar-refractivity contribution < 1.29 is 4.79 Å². The van der Waals surface area contributed by atoms with Gasteiger partial charge in [-0.1, -0.05) is 36.2 Å². The maximum Gasteiger partial charge on any atom is 0.226 e. The Bertz CT molecular complexity index is 693. The molecule has 1 heterocycles. The van der Waals surface area contributed by atoms with Crippen LogP contribution in [-0.4, -0.2) is 16.9 Å². The first kappa shape index (κ1) is 16.1. The van der Waals surface area contributed by atoms with Gasteiger partial charge >= 0.3 is 0 Å². The third kappa shape index (κ3) is 3.79. The highest BCUT2D eigenvalue weighted by Crippen LogP contribution is 2.31. The van der Waals surface area contributed by atoms with Crippen LogP contribution in [-0.2, 0) is 4.79 Å². The van der Waals surface area contributed by atoms with Crippen LogP contribution in [0.3, 0.4) is 0 Å². The zero-order valence-electron chi connectivity index (χ0n) is 13.6. The summed E-state index contributed by atoms with van der Waals surface area (Å²) in [6.45, 7) is 4.10. The van der Waals surface area contributed by atoms with Crippen LogP contribution in [0.2, 0.25) is 0 Å². The van der Waals surface area contributed by atoms with E-state index in [0.717, 1.165) is 35.4 Å². The van der Waals surface area contributed by atoms with Gasteiger partial charge in [-0.3, -0.25) is 4.79 Å². The SMILES string of the molecule is Cc1ccc(-c2nc(NC(=O)C[C@@H]3CCC[C@H]3N)sc2C)cc1. The Balaban J connectivity index is 1.68. The Kier molecular flexibility index (Phi) is 4.78. The molecule has 1 amide bonds. The largest absolute Gasteiger partial charge is 0.327 e. The maximum atomic E-state index is 12.2. The lowest BCUT2D eigenvalue weighted by molar-refractivity contribution is -0.117. The smallest absolute Gasteiger partial charge is 0.226 e. The average Bonchev–Trinajstić information content (AvgIpc) is 3.06. The fraction of sp³-hybridized carbons (Fsp3) is 0.444. The number of nitrogens with one attached hydrogen (secondary N) is 1. The molecule has 0 radical (unpaired) electrons. The van der Waals surface area contributed by atoms with Gasteiger partial charge in [-0.05, 0) is 32.6 Å². The third-order valence-electron chi connectivity index (χ3n) is 4.53. The summed E-state index contributed by atoms with van der Waals surface area (Å²) in [5, 5.41) is 3.62.